The van der Waals surface area contributed by atoms with Crippen LogP contribution in [0.25, 0.3) is 17.0 Å². The largest absolute Gasteiger partial charge is 0.355 e. The van der Waals surface area contributed by atoms with Crippen molar-refractivity contribution in [1.29, 1.82) is 0 Å². The molecular formula is C20H23F4N7O2S. The number of alkyl halides is 4. The van der Waals surface area contributed by atoms with E-state index in [1.54, 1.807) is 11.0 Å². The van der Waals surface area contributed by atoms with Crippen LogP contribution in [-0.4, -0.2) is 64.8 Å². The first-order valence-electron chi connectivity index (χ1n) is 10.4. The first-order chi connectivity index (χ1) is 15.8. The third-order valence-corrected chi connectivity index (χ3v) is 6.47. The Morgan fingerprint density at radius 3 is 2.62 bits per heavy atom. The Hall–Kier alpha value is -2.87. The van der Waals surface area contributed by atoms with E-state index in [1.807, 2.05) is 0 Å². The molecule has 1 N–H and O–H groups in total. The molecule has 0 amide bonds. The van der Waals surface area contributed by atoms with Crippen LogP contribution < -0.4 is 9.62 Å². The number of nitrogens with zero attached hydrogens (tertiary/aromatic N) is 6. The average molecular weight is 502 g/mol. The van der Waals surface area contributed by atoms with Gasteiger partial charge in [-0.05, 0) is 12.1 Å². The van der Waals surface area contributed by atoms with Gasteiger partial charge in [0.05, 0.1) is 24.1 Å². The average Bonchev–Trinajstić information content (AvgIpc) is 3.17. The first-order valence-corrected chi connectivity index (χ1v) is 12.3. The quantitative estimate of drug-likeness (QED) is 0.518. The lowest BCUT2D eigenvalue weighted by Gasteiger charge is -2.43. The van der Waals surface area contributed by atoms with Crippen molar-refractivity contribution >= 4 is 21.5 Å². The Kier molecular flexibility index (Phi) is 6.00. The van der Waals surface area contributed by atoms with Crippen molar-refractivity contribution in [3.8, 4) is 11.4 Å². The minimum atomic E-state index is -3.64. The van der Waals surface area contributed by atoms with E-state index < -0.39 is 45.9 Å². The zero-order chi connectivity index (χ0) is 24.9. The fraction of sp³-hybridized carbons (Fsp3) is 0.500. The highest BCUT2D eigenvalue weighted by molar-refractivity contribution is 7.88. The number of hydrogen-bond donors (Lipinski definition) is 1. The molecule has 14 heteroatoms. The van der Waals surface area contributed by atoms with E-state index in [0.29, 0.717) is 22.9 Å². The van der Waals surface area contributed by atoms with Crippen LogP contribution in [0.4, 0.5) is 23.4 Å². The van der Waals surface area contributed by atoms with E-state index in [9.17, 15) is 26.0 Å². The highest BCUT2D eigenvalue weighted by atomic mass is 32.2. The topological polar surface area (TPSA) is 105 Å². The van der Waals surface area contributed by atoms with E-state index >= 15 is 0 Å². The number of hydrogen-bond acceptors (Lipinski definition) is 7. The van der Waals surface area contributed by atoms with Crippen LogP contribution in [0.5, 0.6) is 0 Å². The van der Waals surface area contributed by atoms with Gasteiger partial charge in [0.1, 0.15) is 23.5 Å². The molecule has 9 nitrogen and oxygen atoms in total. The molecule has 184 valence electrons. The number of piperidine rings is 1. The van der Waals surface area contributed by atoms with Gasteiger partial charge in [-0.15, -0.1) is 0 Å². The summed E-state index contributed by atoms with van der Waals surface area (Å²) in [5, 5.41) is 3.98. The summed E-state index contributed by atoms with van der Waals surface area (Å²) >= 11 is 0. The SMILES string of the molecule is C[C@H]1CN(c2cc(-c3cnc4ccc(C(C)(F)F)nn34)ncn2)C[C@@H](CNS(C)(=O)=O)C1(F)F. The van der Waals surface area contributed by atoms with E-state index in [0.717, 1.165) is 13.2 Å². The lowest BCUT2D eigenvalue weighted by molar-refractivity contribution is -0.108. The maximum Gasteiger partial charge on any atom is 0.288 e. The smallest absolute Gasteiger partial charge is 0.288 e. The molecule has 0 aromatic carbocycles. The van der Waals surface area contributed by atoms with Crippen LogP contribution in [0.15, 0.2) is 30.7 Å². The number of aromatic nitrogens is 5. The Balaban J connectivity index is 1.66. The molecule has 0 bridgehead atoms. The van der Waals surface area contributed by atoms with Crippen molar-refractivity contribution in [2.45, 2.75) is 25.7 Å². The molecule has 4 rings (SSSR count). The zero-order valence-corrected chi connectivity index (χ0v) is 19.4. The fourth-order valence-electron chi connectivity index (χ4n) is 3.90. The van der Waals surface area contributed by atoms with Crippen molar-refractivity contribution in [3.63, 3.8) is 0 Å². The summed E-state index contributed by atoms with van der Waals surface area (Å²) in [7, 11) is -3.64. The number of sulfonamides is 1. The maximum absolute atomic E-state index is 14.8. The highest BCUT2D eigenvalue weighted by Gasteiger charge is 2.49. The summed E-state index contributed by atoms with van der Waals surface area (Å²) in [6.45, 7) is 1.55. The van der Waals surface area contributed by atoms with Crippen LogP contribution >= 0.6 is 0 Å². The Morgan fingerprint density at radius 1 is 1.21 bits per heavy atom. The standard InChI is InChI=1S/C20H23F4N7O2S/c1-12-9-30(10-13(20(12,23)24)7-28-34(3,32)33)18-6-14(26-11-27-18)15-8-25-17-5-4-16(19(2,21)22)29-31(15)17/h4-6,8,11-13,28H,7,9-10H2,1-3H3/t12-,13+/m0/s1. The Morgan fingerprint density at radius 2 is 1.94 bits per heavy atom. The molecule has 3 aromatic rings. The van der Waals surface area contributed by atoms with Gasteiger partial charge in [-0.1, -0.05) is 6.92 Å². The molecule has 1 aliphatic heterocycles. The van der Waals surface area contributed by atoms with Crippen LogP contribution in [0.1, 0.15) is 19.5 Å². The molecule has 1 saturated heterocycles. The second kappa shape index (κ2) is 8.41. The summed E-state index contributed by atoms with van der Waals surface area (Å²) in [4.78, 5) is 14.2. The summed E-state index contributed by atoms with van der Waals surface area (Å²) in [6, 6.07) is 4.15. The minimum absolute atomic E-state index is 0.0174. The van der Waals surface area contributed by atoms with E-state index in [1.165, 1.54) is 36.1 Å². The molecule has 1 aliphatic rings. The maximum atomic E-state index is 14.8. The second-order valence-corrected chi connectivity index (χ2v) is 10.4. The Bertz CT molecular complexity index is 1310. The Labute approximate surface area is 193 Å². The van der Waals surface area contributed by atoms with E-state index in [-0.39, 0.29) is 13.1 Å². The molecule has 3 aromatic heterocycles. The van der Waals surface area contributed by atoms with Crippen molar-refractivity contribution in [2.75, 3.05) is 30.8 Å². The summed E-state index contributed by atoms with van der Waals surface area (Å²) < 4.78 is 83.3. The molecule has 34 heavy (non-hydrogen) atoms. The van der Waals surface area contributed by atoms with Crippen molar-refractivity contribution in [3.05, 3.63) is 36.4 Å². The van der Waals surface area contributed by atoms with Gasteiger partial charge in [-0.3, -0.25) is 0 Å². The van der Waals surface area contributed by atoms with Gasteiger partial charge in [0.25, 0.3) is 11.8 Å². The molecule has 0 saturated carbocycles. The number of nitrogens with one attached hydrogen (secondary N) is 1. The van der Waals surface area contributed by atoms with Crippen LogP contribution in [0.2, 0.25) is 0 Å². The molecule has 0 unspecified atom stereocenters. The lowest BCUT2D eigenvalue weighted by Crippen LogP contribution is -2.56. The van der Waals surface area contributed by atoms with Gasteiger partial charge in [-0.2, -0.15) is 13.9 Å². The van der Waals surface area contributed by atoms with E-state index in [4.69, 9.17) is 0 Å². The van der Waals surface area contributed by atoms with Gasteiger partial charge in [0, 0.05) is 38.5 Å². The molecule has 1 fully saturated rings. The highest BCUT2D eigenvalue weighted by Crippen LogP contribution is 2.39. The molecule has 0 spiro atoms. The van der Waals surface area contributed by atoms with Gasteiger partial charge >= 0.3 is 0 Å². The summed E-state index contributed by atoms with van der Waals surface area (Å²) in [5.74, 6) is -8.26. The zero-order valence-electron chi connectivity index (χ0n) is 18.6. The number of fused-ring (bicyclic) bond motifs is 1. The van der Waals surface area contributed by atoms with Crippen molar-refractivity contribution in [1.82, 2.24) is 29.3 Å². The molecule has 0 radical (unpaired) electrons. The number of anilines is 1. The van der Waals surface area contributed by atoms with Crippen molar-refractivity contribution < 1.29 is 26.0 Å². The molecule has 4 heterocycles. The van der Waals surface area contributed by atoms with Crippen LogP contribution in [0, 0.1) is 11.8 Å². The van der Waals surface area contributed by atoms with Gasteiger partial charge in [-0.25, -0.2) is 41.4 Å². The van der Waals surface area contributed by atoms with Crippen LogP contribution in [0.3, 0.4) is 0 Å². The first kappa shape index (κ1) is 24.3. The molecule has 2 atom stereocenters. The number of rotatable bonds is 6. The van der Waals surface area contributed by atoms with Gasteiger partial charge in [0.15, 0.2) is 5.65 Å². The van der Waals surface area contributed by atoms with Gasteiger partial charge in [0.2, 0.25) is 10.0 Å². The predicted octanol–water partition coefficient (Wildman–Crippen LogP) is 2.55. The van der Waals surface area contributed by atoms with Crippen molar-refractivity contribution in [2.24, 2.45) is 11.8 Å². The summed E-state index contributed by atoms with van der Waals surface area (Å²) in [6.07, 6.45) is 3.58. The molecule has 0 aliphatic carbocycles. The summed E-state index contributed by atoms with van der Waals surface area (Å²) in [5.41, 5.74) is 0.538. The fourth-order valence-corrected chi connectivity index (χ4v) is 4.40. The predicted molar refractivity (Wildman–Crippen MR) is 116 cm³/mol. The third kappa shape index (κ3) is 4.82. The van der Waals surface area contributed by atoms with Crippen LogP contribution in [-0.2, 0) is 15.9 Å². The monoisotopic (exact) mass is 501 g/mol. The minimum Gasteiger partial charge on any atom is -0.355 e. The second-order valence-electron chi connectivity index (χ2n) is 8.58. The molecular weight excluding hydrogens is 478 g/mol. The number of halogens is 4. The van der Waals surface area contributed by atoms with E-state index in [2.05, 4.69) is 24.8 Å². The lowest BCUT2D eigenvalue weighted by atomic mass is 9.86. The normalized spacial score (nSPS) is 21.2. The third-order valence-electron chi connectivity index (χ3n) is 5.78. The van der Waals surface area contributed by atoms with Gasteiger partial charge < -0.3 is 4.90 Å². The number of imidazole rings is 1.